The Kier molecular flexibility index (Phi) is 8.64. The minimum Gasteiger partial charge on any atom is -0.388 e. The van der Waals surface area contributed by atoms with Crippen LogP contribution in [0.1, 0.15) is 48.0 Å². The predicted molar refractivity (Wildman–Crippen MR) is 101 cm³/mol. The first-order valence-electron chi connectivity index (χ1n) is 9.90. The average molecular weight is 440 g/mol. The first kappa shape index (κ1) is 24.7. The summed E-state index contributed by atoms with van der Waals surface area (Å²) in [4.78, 5) is 22.6. The summed E-state index contributed by atoms with van der Waals surface area (Å²) in [5.74, 6) is -1.05. The second-order valence-electron chi connectivity index (χ2n) is 8.03. The number of phosphoric ester groups is 1. The topological polar surface area (TPSA) is 130 Å². The number of aliphatic hydroxyl groups is 1. The average Bonchev–Trinajstić information content (AvgIpc) is 3.06. The zero-order valence-electron chi connectivity index (χ0n) is 17.7. The summed E-state index contributed by atoms with van der Waals surface area (Å²) in [5, 5.41) is 10.3. The van der Waals surface area contributed by atoms with Crippen molar-refractivity contribution in [1.82, 2.24) is 0 Å². The lowest BCUT2D eigenvalue weighted by Gasteiger charge is -2.25. The second kappa shape index (κ2) is 10.2. The number of hydrogen-bond donors (Lipinski definition) is 2. The molecule has 0 aromatic carbocycles. The van der Waals surface area contributed by atoms with E-state index in [1.807, 2.05) is 27.7 Å². The van der Waals surface area contributed by atoms with Gasteiger partial charge in [0.15, 0.2) is 6.10 Å². The van der Waals surface area contributed by atoms with Crippen molar-refractivity contribution in [1.29, 1.82) is 0 Å². The molecule has 29 heavy (non-hydrogen) atoms. The molecule has 0 aromatic rings. The summed E-state index contributed by atoms with van der Waals surface area (Å²) >= 11 is 0. The molecule has 2 aliphatic rings. The molecule has 11 heteroatoms. The Labute approximate surface area is 171 Å². The van der Waals surface area contributed by atoms with Crippen LogP contribution in [0, 0.1) is 0 Å². The lowest BCUT2D eigenvalue weighted by atomic mass is 10.1. The highest BCUT2D eigenvalue weighted by Gasteiger charge is 2.49. The molecular weight excluding hydrogens is 407 g/mol. The molecule has 2 rings (SSSR count). The Hall–Kier alpha value is -0.580. The van der Waals surface area contributed by atoms with Crippen LogP contribution in [0.25, 0.3) is 0 Å². The Balaban J connectivity index is 2.01. The molecule has 8 atom stereocenters. The van der Waals surface area contributed by atoms with Gasteiger partial charge in [-0.3, -0.25) is 9.42 Å². The highest BCUT2D eigenvalue weighted by molar-refractivity contribution is 7.48. The van der Waals surface area contributed by atoms with Crippen molar-refractivity contribution in [2.75, 3.05) is 6.61 Å². The summed E-state index contributed by atoms with van der Waals surface area (Å²) in [5.41, 5.74) is 0. The van der Waals surface area contributed by atoms with E-state index in [2.05, 4.69) is 0 Å². The van der Waals surface area contributed by atoms with Gasteiger partial charge in [-0.2, -0.15) is 0 Å². The van der Waals surface area contributed by atoms with Crippen LogP contribution in [0.5, 0.6) is 0 Å². The quantitative estimate of drug-likeness (QED) is 0.509. The van der Waals surface area contributed by atoms with Crippen molar-refractivity contribution in [2.24, 2.45) is 0 Å². The molecule has 0 radical (unpaired) electrons. The molecule has 0 bridgehead atoms. The van der Waals surface area contributed by atoms with Crippen LogP contribution in [0.2, 0.25) is 0 Å². The largest absolute Gasteiger partial charge is 0.530 e. The van der Waals surface area contributed by atoms with Gasteiger partial charge in [0.25, 0.3) is 0 Å². The van der Waals surface area contributed by atoms with E-state index in [1.165, 1.54) is 0 Å². The molecule has 2 fully saturated rings. The Bertz CT molecular complexity index is 597. The lowest BCUT2D eigenvalue weighted by molar-refractivity contribution is -0.155. The van der Waals surface area contributed by atoms with Gasteiger partial charge in [-0.1, -0.05) is 0 Å². The maximum absolute atomic E-state index is 12.5. The van der Waals surface area contributed by atoms with E-state index in [0.717, 1.165) is 0 Å². The van der Waals surface area contributed by atoms with E-state index < -0.39 is 50.4 Å². The van der Waals surface area contributed by atoms with Crippen LogP contribution < -0.4 is 0 Å². The number of carbonyl (C=O) groups is 1. The van der Waals surface area contributed by atoms with Crippen molar-refractivity contribution in [3.05, 3.63) is 0 Å². The Morgan fingerprint density at radius 1 is 1.17 bits per heavy atom. The van der Waals surface area contributed by atoms with E-state index in [0.29, 0.717) is 6.42 Å². The Morgan fingerprint density at radius 3 is 2.41 bits per heavy atom. The smallest absolute Gasteiger partial charge is 0.388 e. The number of phosphoric acid groups is 1. The van der Waals surface area contributed by atoms with Gasteiger partial charge in [0.2, 0.25) is 0 Å². The molecule has 2 N–H and O–H groups in total. The van der Waals surface area contributed by atoms with Gasteiger partial charge in [0.05, 0.1) is 37.1 Å². The summed E-state index contributed by atoms with van der Waals surface area (Å²) in [6.45, 7) is 10.7. The fourth-order valence-electron chi connectivity index (χ4n) is 3.34. The summed E-state index contributed by atoms with van der Waals surface area (Å²) < 4.78 is 44.5. The molecule has 10 nitrogen and oxygen atoms in total. The highest BCUT2D eigenvalue weighted by atomic mass is 31.2. The fourth-order valence-corrected chi connectivity index (χ4v) is 4.28. The predicted octanol–water partition coefficient (Wildman–Crippen LogP) is 1.56. The van der Waals surface area contributed by atoms with Gasteiger partial charge >= 0.3 is 13.8 Å². The van der Waals surface area contributed by atoms with Crippen molar-refractivity contribution in [3.63, 3.8) is 0 Å². The van der Waals surface area contributed by atoms with Crippen molar-refractivity contribution >= 4 is 13.8 Å². The molecule has 0 spiro atoms. The van der Waals surface area contributed by atoms with Crippen LogP contribution in [-0.2, 0) is 37.4 Å². The zero-order chi connectivity index (χ0) is 21.9. The maximum Gasteiger partial charge on any atom is 0.530 e. The second-order valence-corrected chi connectivity index (χ2v) is 9.36. The summed E-state index contributed by atoms with van der Waals surface area (Å²) in [7, 11) is -4.86. The minimum absolute atomic E-state index is 0.0469. The molecule has 2 aliphatic heterocycles. The monoisotopic (exact) mass is 440 g/mol. The van der Waals surface area contributed by atoms with Crippen LogP contribution in [0.15, 0.2) is 0 Å². The summed E-state index contributed by atoms with van der Waals surface area (Å²) in [6, 6.07) is 0. The maximum atomic E-state index is 12.5. The fraction of sp³-hybridized carbons (Fsp3) is 0.944. The zero-order valence-corrected chi connectivity index (χ0v) is 18.6. The van der Waals surface area contributed by atoms with E-state index in [4.69, 9.17) is 28.0 Å². The standard InChI is InChI=1S/C18H33O10P/c1-9(2)23-8-14-16(15(19)12(6)26-14)27-29(21,22)28-18(20)17-13(24-10(3)4)7-11(5)25-17/h9-17,19H,7-8H2,1-6H3,(H,21,22)/t11-,12-,13?,14+,15+,16?,17-/m0/s1. The highest BCUT2D eigenvalue weighted by Crippen LogP contribution is 2.48. The minimum atomic E-state index is -4.86. The normalized spacial score (nSPS) is 37.2. The molecular formula is C18H33O10P. The third-order valence-electron chi connectivity index (χ3n) is 4.59. The Morgan fingerprint density at radius 2 is 1.83 bits per heavy atom. The van der Waals surface area contributed by atoms with Crippen LogP contribution >= 0.6 is 7.82 Å². The van der Waals surface area contributed by atoms with Crippen LogP contribution in [-0.4, -0.2) is 77.5 Å². The number of aliphatic hydroxyl groups excluding tert-OH is 1. The SMILES string of the molecule is CC(C)OC[C@H]1O[C@@H](C)[C@@H](O)C1OP(=O)(O)OC(=O)[C@H]1O[C@@H](C)CC1OC(C)C. The van der Waals surface area contributed by atoms with Crippen molar-refractivity contribution in [3.8, 4) is 0 Å². The van der Waals surface area contributed by atoms with Crippen LogP contribution in [0.4, 0.5) is 0 Å². The number of carbonyl (C=O) groups excluding carboxylic acids is 1. The molecule has 2 saturated heterocycles. The number of rotatable bonds is 9. The van der Waals surface area contributed by atoms with E-state index >= 15 is 0 Å². The molecule has 0 saturated carbocycles. The molecule has 2 heterocycles. The molecule has 0 amide bonds. The summed E-state index contributed by atoms with van der Waals surface area (Å²) in [6.07, 6.45) is -5.62. The third-order valence-corrected chi connectivity index (χ3v) is 5.51. The third kappa shape index (κ3) is 6.97. The molecule has 0 aliphatic carbocycles. The van der Waals surface area contributed by atoms with E-state index in [1.54, 1.807) is 13.8 Å². The first-order valence-corrected chi connectivity index (χ1v) is 11.4. The van der Waals surface area contributed by atoms with Gasteiger partial charge in [-0.15, -0.1) is 0 Å². The lowest BCUT2D eigenvalue weighted by Crippen LogP contribution is -2.38. The van der Waals surface area contributed by atoms with Gasteiger partial charge in [0, 0.05) is 6.42 Å². The van der Waals surface area contributed by atoms with E-state index in [-0.39, 0.29) is 24.9 Å². The molecule has 170 valence electrons. The molecule has 3 unspecified atom stereocenters. The van der Waals surface area contributed by atoms with Gasteiger partial charge in [-0.25, -0.2) is 9.36 Å². The van der Waals surface area contributed by atoms with Crippen LogP contribution in [0.3, 0.4) is 0 Å². The number of ether oxygens (including phenoxy) is 4. The van der Waals surface area contributed by atoms with Crippen molar-refractivity contribution in [2.45, 2.75) is 103 Å². The van der Waals surface area contributed by atoms with Gasteiger partial charge in [-0.05, 0) is 41.5 Å². The van der Waals surface area contributed by atoms with Gasteiger partial charge < -0.3 is 28.6 Å². The van der Waals surface area contributed by atoms with Crippen molar-refractivity contribution < 1.29 is 47.4 Å². The number of hydrogen-bond acceptors (Lipinski definition) is 9. The molecule has 0 aromatic heterocycles. The van der Waals surface area contributed by atoms with E-state index in [9.17, 15) is 19.4 Å². The van der Waals surface area contributed by atoms with Gasteiger partial charge in [0.1, 0.15) is 18.3 Å². The first-order chi connectivity index (χ1) is 13.4.